The zero-order valence-corrected chi connectivity index (χ0v) is 13.1. The highest BCUT2D eigenvalue weighted by atomic mass is 16.1. The first-order valence-corrected chi connectivity index (χ1v) is 8.77. The number of rotatable bonds is 0. The third kappa shape index (κ3) is 1.64. The van der Waals surface area contributed by atoms with Crippen LogP contribution in [0.5, 0.6) is 0 Å². The van der Waals surface area contributed by atoms with Gasteiger partial charge >= 0.3 is 0 Å². The Labute approximate surface area is 123 Å². The fourth-order valence-electron chi connectivity index (χ4n) is 6.24. The lowest BCUT2D eigenvalue weighted by molar-refractivity contribution is -0.124. The van der Waals surface area contributed by atoms with E-state index in [-0.39, 0.29) is 0 Å². The second-order valence-electron chi connectivity index (χ2n) is 8.50. The molecule has 110 valence electrons. The van der Waals surface area contributed by atoms with Crippen molar-refractivity contribution in [3.63, 3.8) is 0 Å². The molecule has 0 saturated heterocycles. The molecule has 0 radical (unpaired) electrons. The van der Waals surface area contributed by atoms with Gasteiger partial charge in [0.15, 0.2) is 0 Å². The quantitative estimate of drug-likeness (QED) is 0.564. The van der Waals surface area contributed by atoms with Crippen LogP contribution in [-0.4, -0.2) is 5.78 Å². The first-order valence-electron chi connectivity index (χ1n) is 8.77. The molecular weight excluding hydrogens is 244 g/mol. The van der Waals surface area contributed by atoms with Gasteiger partial charge in [-0.2, -0.15) is 0 Å². The van der Waals surface area contributed by atoms with Crippen molar-refractivity contribution in [2.45, 2.75) is 78.1 Å². The number of carbonyl (C=O) groups is 1. The molecule has 4 rings (SSSR count). The first kappa shape index (κ1) is 13.1. The molecule has 0 heterocycles. The van der Waals surface area contributed by atoms with Gasteiger partial charge in [-0.1, -0.05) is 31.4 Å². The fraction of sp³-hybridized carbons (Fsp3) is 0.842. The second-order valence-corrected chi connectivity index (χ2v) is 8.50. The van der Waals surface area contributed by atoms with Gasteiger partial charge in [0.05, 0.1) is 0 Å². The largest absolute Gasteiger partial charge is 0.300 e. The van der Waals surface area contributed by atoms with Crippen LogP contribution in [0.4, 0.5) is 0 Å². The van der Waals surface area contributed by atoms with Crippen molar-refractivity contribution >= 4 is 5.78 Å². The Morgan fingerprint density at radius 2 is 1.85 bits per heavy atom. The maximum atomic E-state index is 11.8. The molecule has 4 aliphatic rings. The average molecular weight is 272 g/mol. The minimum Gasteiger partial charge on any atom is -0.300 e. The number of allylic oxidation sites excluding steroid dienone is 2. The molecular formula is C19H28O. The molecule has 0 amide bonds. The number of carbonyl (C=O) groups excluding carboxylic acids is 1. The highest BCUT2D eigenvalue weighted by Gasteiger charge is 2.51. The Balaban J connectivity index is 1.75. The summed E-state index contributed by atoms with van der Waals surface area (Å²) in [5, 5.41) is 0. The Morgan fingerprint density at radius 1 is 1.00 bits per heavy atom. The third-order valence-corrected chi connectivity index (χ3v) is 7.59. The Hall–Kier alpha value is -0.590. The average Bonchev–Trinajstić information content (AvgIpc) is 2.81. The summed E-state index contributed by atoms with van der Waals surface area (Å²) in [4.78, 5) is 11.8. The minimum absolute atomic E-state index is 0.380. The lowest BCUT2D eigenvalue weighted by Crippen LogP contribution is -2.43. The summed E-state index contributed by atoms with van der Waals surface area (Å²) in [6.07, 6.45) is 12.5. The van der Waals surface area contributed by atoms with Crippen LogP contribution in [0, 0.1) is 22.7 Å². The smallest absolute Gasteiger partial charge is 0.133 e. The second kappa shape index (κ2) is 4.21. The first-order chi connectivity index (χ1) is 9.53. The highest BCUT2D eigenvalue weighted by Crippen LogP contribution is 2.63. The summed E-state index contributed by atoms with van der Waals surface area (Å²) >= 11 is 0. The number of ketones is 1. The molecule has 0 N–H and O–H groups in total. The van der Waals surface area contributed by atoms with Crippen LogP contribution >= 0.6 is 0 Å². The molecule has 4 aliphatic carbocycles. The van der Waals surface area contributed by atoms with E-state index < -0.39 is 0 Å². The molecule has 4 atom stereocenters. The van der Waals surface area contributed by atoms with Crippen LogP contribution in [0.1, 0.15) is 78.1 Å². The van der Waals surface area contributed by atoms with E-state index in [1.54, 1.807) is 0 Å². The van der Waals surface area contributed by atoms with E-state index in [1.807, 2.05) is 11.1 Å². The molecule has 4 unspecified atom stereocenters. The van der Waals surface area contributed by atoms with Crippen molar-refractivity contribution in [1.29, 1.82) is 0 Å². The Bertz CT molecular complexity index is 488. The van der Waals surface area contributed by atoms with E-state index in [9.17, 15) is 4.79 Å². The van der Waals surface area contributed by atoms with Gasteiger partial charge in [-0.05, 0) is 67.6 Å². The Kier molecular flexibility index (Phi) is 2.76. The predicted molar refractivity (Wildman–Crippen MR) is 81.4 cm³/mol. The molecule has 2 fully saturated rings. The van der Waals surface area contributed by atoms with Crippen molar-refractivity contribution in [1.82, 2.24) is 0 Å². The molecule has 1 nitrogen and oxygen atoms in total. The van der Waals surface area contributed by atoms with Gasteiger partial charge in [-0.3, -0.25) is 4.79 Å². The topological polar surface area (TPSA) is 17.1 Å². The summed E-state index contributed by atoms with van der Waals surface area (Å²) in [5.41, 5.74) is 4.69. The van der Waals surface area contributed by atoms with E-state index >= 15 is 0 Å². The molecule has 2 saturated carbocycles. The van der Waals surface area contributed by atoms with Crippen LogP contribution in [-0.2, 0) is 4.79 Å². The van der Waals surface area contributed by atoms with Gasteiger partial charge in [-0.15, -0.1) is 0 Å². The van der Waals surface area contributed by atoms with Crippen LogP contribution in [0.3, 0.4) is 0 Å². The number of Topliss-reactive ketones (excluding diaryl/α,β-unsaturated/α-hetero) is 1. The number of fused-ring (bicyclic) bond motifs is 4. The van der Waals surface area contributed by atoms with Crippen molar-refractivity contribution in [2.24, 2.45) is 22.7 Å². The van der Waals surface area contributed by atoms with Gasteiger partial charge in [0.25, 0.3) is 0 Å². The lowest BCUT2D eigenvalue weighted by atomic mass is 9.52. The molecule has 20 heavy (non-hydrogen) atoms. The van der Waals surface area contributed by atoms with Crippen LogP contribution in [0.15, 0.2) is 11.1 Å². The monoisotopic (exact) mass is 272 g/mol. The molecule has 0 aromatic rings. The minimum atomic E-state index is 0.380. The summed E-state index contributed by atoms with van der Waals surface area (Å²) in [5.74, 6) is 2.08. The standard InChI is InChI=1S/C19H28O/c1-18-9-3-4-16(18)15-6-5-13-12-14(20)7-11-19(13,2)17(15)8-10-18/h13,16H,3-12H2,1-2H3. The molecule has 0 bridgehead atoms. The SMILES string of the molecule is CC12CCCC1C1=C(CC2)C2(C)CCC(=O)CC2CC1. The van der Waals surface area contributed by atoms with Crippen molar-refractivity contribution in [3.05, 3.63) is 11.1 Å². The maximum absolute atomic E-state index is 11.8. The normalized spacial score (nSPS) is 47.8. The lowest BCUT2D eigenvalue weighted by Gasteiger charge is -2.53. The maximum Gasteiger partial charge on any atom is 0.133 e. The van der Waals surface area contributed by atoms with Crippen molar-refractivity contribution in [2.75, 3.05) is 0 Å². The van der Waals surface area contributed by atoms with E-state index in [0.717, 1.165) is 25.2 Å². The Morgan fingerprint density at radius 3 is 2.70 bits per heavy atom. The van der Waals surface area contributed by atoms with Gasteiger partial charge in [0.1, 0.15) is 5.78 Å². The number of hydrogen-bond acceptors (Lipinski definition) is 1. The highest BCUT2D eigenvalue weighted by molar-refractivity contribution is 5.80. The predicted octanol–water partition coefficient (Wildman–Crippen LogP) is 5.05. The summed E-state index contributed by atoms with van der Waals surface area (Å²) in [6.45, 7) is 5.05. The molecule has 0 spiro atoms. The third-order valence-electron chi connectivity index (χ3n) is 7.59. The molecule has 0 aliphatic heterocycles. The van der Waals surface area contributed by atoms with E-state index in [0.29, 0.717) is 22.5 Å². The van der Waals surface area contributed by atoms with Gasteiger partial charge in [0, 0.05) is 12.8 Å². The fourth-order valence-corrected chi connectivity index (χ4v) is 6.24. The van der Waals surface area contributed by atoms with Crippen LogP contribution in [0.2, 0.25) is 0 Å². The molecule has 1 heteroatoms. The van der Waals surface area contributed by atoms with E-state index in [2.05, 4.69) is 13.8 Å². The summed E-state index contributed by atoms with van der Waals surface area (Å²) in [7, 11) is 0. The van der Waals surface area contributed by atoms with Crippen LogP contribution < -0.4 is 0 Å². The van der Waals surface area contributed by atoms with Crippen molar-refractivity contribution in [3.8, 4) is 0 Å². The number of hydrogen-bond donors (Lipinski definition) is 0. The summed E-state index contributed by atoms with van der Waals surface area (Å²) < 4.78 is 0. The zero-order chi connectivity index (χ0) is 14.0. The molecule has 0 aromatic carbocycles. The van der Waals surface area contributed by atoms with Crippen LogP contribution in [0.25, 0.3) is 0 Å². The van der Waals surface area contributed by atoms with E-state index in [4.69, 9.17) is 0 Å². The zero-order valence-electron chi connectivity index (χ0n) is 13.1. The molecule has 0 aromatic heterocycles. The van der Waals surface area contributed by atoms with Gasteiger partial charge < -0.3 is 0 Å². The summed E-state index contributed by atoms with van der Waals surface area (Å²) in [6, 6.07) is 0. The van der Waals surface area contributed by atoms with E-state index in [1.165, 1.54) is 44.9 Å². The van der Waals surface area contributed by atoms with Gasteiger partial charge in [0.2, 0.25) is 0 Å². The van der Waals surface area contributed by atoms with Crippen molar-refractivity contribution < 1.29 is 4.79 Å². The van der Waals surface area contributed by atoms with Gasteiger partial charge in [-0.25, -0.2) is 0 Å².